The third-order valence-electron chi connectivity index (χ3n) is 3.93. The predicted octanol–water partition coefficient (Wildman–Crippen LogP) is 1.68. The number of aromatic nitrogens is 1. The molecule has 0 radical (unpaired) electrons. The summed E-state index contributed by atoms with van der Waals surface area (Å²) in [6, 6.07) is 1.61. The molecule has 0 atom stereocenters. The number of amides is 1. The molecular formula is C15H20N2O4. The van der Waals surface area contributed by atoms with Crippen molar-refractivity contribution in [1.29, 1.82) is 0 Å². The van der Waals surface area contributed by atoms with Gasteiger partial charge in [0.25, 0.3) is 5.91 Å². The lowest BCUT2D eigenvalue weighted by atomic mass is 9.86. The van der Waals surface area contributed by atoms with Gasteiger partial charge in [0.2, 0.25) is 0 Å². The zero-order valence-corrected chi connectivity index (χ0v) is 12.3. The smallest absolute Gasteiger partial charge is 0.308 e. The first-order chi connectivity index (χ1) is 10.0. The quantitative estimate of drug-likeness (QED) is 0.653. The average molecular weight is 292 g/mol. The van der Waals surface area contributed by atoms with Crippen molar-refractivity contribution in [3.8, 4) is 0 Å². The minimum atomic E-state index is -0.219. The van der Waals surface area contributed by atoms with Crippen LogP contribution in [0.4, 0.5) is 0 Å². The van der Waals surface area contributed by atoms with Crippen LogP contribution in [0.15, 0.2) is 12.3 Å². The van der Waals surface area contributed by atoms with Crippen LogP contribution < -0.4 is 5.32 Å². The summed E-state index contributed by atoms with van der Waals surface area (Å²) < 4.78 is 4.74. The summed E-state index contributed by atoms with van der Waals surface area (Å²) in [4.78, 5) is 37.5. The van der Waals surface area contributed by atoms with E-state index in [1.807, 2.05) is 0 Å². The molecule has 1 aliphatic carbocycles. The molecule has 0 bridgehead atoms. The molecule has 1 aromatic heterocycles. The summed E-state index contributed by atoms with van der Waals surface area (Å²) in [7, 11) is 1.40. The Bertz CT molecular complexity index is 542. The molecule has 1 aromatic rings. The largest absolute Gasteiger partial charge is 0.469 e. The van der Waals surface area contributed by atoms with Crippen LogP contribution in [-0.4, -0.2) is 35.8 Å². The van der Waals surface area contributed by atoms with Crippen LogP contribution in [0.25, 0.3) is 0 Å². The fourth-order valence-electron chi connectivity index (χ4n) is 2.63. The number of esters is 1. The number of rotatable bonds is 4. The Balaban J connectivity index is 1.86. The normalized spacial score (nSPS) is 21.6. The zero-order valence-electron chi connectivity index (χ0n) is 12.3. The van der Waals surface area contributed by atoms with Gasteiger partial charge in [0.05, 0.1) is 13.0 Å². The van der Waals surface area contributed by atoms with Crippen LogP contribution in [0.5, 0.6) is 0 Å². The minimum absolute atomic E-state index is 0.0574. The molecule has 6 heteroatoms. The first-order valence-electron chi connectivity index (χ1n) is 7.09. The third-order valence-corrected chi connectivity index (χ3v) is 3.93. The van der Waals surface area contributed by atoms with Gasteiger partial charge in [0, 0.05) is 17.8 Å². The van der Waals surface area contributed by atoms with E-state index in [1.165, 1.54) is 20.2 Å². The summed E-state index contributed by atoms with van der Waals surface area (Å²) in [6.45, 7) is 1.46. The van der Waals surface area contributed by atoms with Crippen molar-refractivity contribution in [3.63, 3.8) is 0 Å². The monoisotopic (exact) mass is 292 g/mol. The van der Waals surface area contributed by atoms with E-state index >= 15 is 0 Å². The van der Waals surface area contributed by atoms with Crippen molar-refractivity contribution in [2.45, 2.75) is 38.6 Å². The Morgan fingerprint density at radius 2 is 1.90 bits per heavy atom. The fraction of sp³-hybridized carbons (Fsp3) is 0.533. The molecule has 1 heterocycles. The number of carbonyl (C=O) groups is 3. The third kappa shape index (κ3) is 3.71. The number of H-pyrrole nitrogens is 1. The number of carbonyl (C=O) groups excluding carboxylic acids is 3. The highest BCUT2D eigenvalue weighted by atomic mass is 16.5. The zero-order chi connectivity index (χ0) is 15.4. The van der Waals surface area contributed by atoms with E-state index in [4.69, 9.17) is 4.74 Å². The van der Waals surface area contributed by atoms with Crippen molar-refractivity contribution in [1.82, 2.24) is 10.3 Å². The summed E-state index contributed by atoms with van der Waals surface area (Å²) in [5.74, 6) is -0.527. The maximum Gasteiger partial charge on any atom is 0.308 e. The van der Waals surface area contributed by atoms with E-state index in [0.717, 1.165) is 25.7 Å². The predicted molar refractivity (Wildman–Crippen MR) is 76.0 cm³/mol. The van der Waals surface area contributed by atoms with Gasteiger partial charge in [-0.25, -0.2) is 0 Å². The van der Waals surface area contributed by atoms with Gasteiger partial charge in [-0.1, -0.05) is 0 Å². The summed E-state index contributed by atoms with van der Waals surface area (Å²) >= 11 is 0. The van der Waals surface area contributed by atoms with E-state index in [2.05, 4.69) is 10.3 Å². The number of hydrogen-bond donors (Lipinski definition) is 2. The van der Waals surface area contributed by atoms with E-state index in [9.17, 15) is 14.4 Å². The van der Waals surface area contributed by atoms with E-state index in [0.29, 0.717) is 11.3 Å². The number of ether oxygens (including phenoxy) is 1. The van der Waals surface area contributed by atoms with E-state index in [1.54, 1.807) is 6.07 Å². The molecule has 0 spiro atoms. The highest BCUT2D eigenvalue weighted by molar-refractivity contribution is 5.99. The summed E-state index contributed by atoms with van der Waals surface area (Å²) in [6.07, 6.45) is 4.49. The molecule has 0 unspecified atom stereocenters. The molecule has 21 heavy (non-hydrogen) atoms. The van der Waals surface area contributed by atoms with Gasteiger partial charge in [-0.2, -0.15) is 0 Å². The van der Waals surface area contributed by atoms with Gasteiger partial charge in [0.1, 0.15) is 5.69 Å². The minimum Gasteiger partial charge on any atom is -0.469 e. The highest BCUT2D eigenvalue weighted by Crippen LogP contribution is 2.25. The van der Waals surface area contributed by atoms with E-state index < -0.39 is 0 Å². The molecule has 0 saturated heterocycles. The van der Waals surface area contributed by atoms with Gasteiger partial charge in [0.15, 0.2) is 5.78 Å². The van der Waals surface area contributed by atoms with Crippen molar-refractivity contribution in [2.24, 2.45) is 5.92 Å². The summed E-state index contributed by atoms with van der Waals surface area (Å²) in [5.41, 5.74) is 0.879. The molecule has 0 aliphatic heterocycles. The molecule has 2 rings (SSSR count). The van der Waals surface area contributed by atoms with Crippen LogP contribution >= 0.6 is 0 Å². The van der Waals surface area contributed by atoms with Crippen LogP contribution in [0.2, 0.25) is 0 Å². The van der Waals surface area contributed by atoms with E-state index in [-0.39, 0.29) is 29.6 Å². The number of nitrogens with one attached hydrogen (secondary N) is 2. The Morgan fingerprint density at radius 1 is 1.24 bits per heavy atom. The van der Waals surface area contributed by atoms with Gasteiger partial charge in [-0.15, -0.1) is 0 Å². The number of methoxy groups -OCH3 is 1. The van der Waals surface area contributed by atoms with Gasteiger partial charge >= 0.3 is 5.97 Å². The van der Waals surface area contributed by atoms with Gasteiger partial charge < -0.3 is 15.0 Å². The Labute approximate surface area is 123 Å². The first kappa shape index (κ1) is 15.3. The van der Waals surface area contributed by atoms with Crippen LogP contribution in [0.3, 0.4) is 0 Å². The fourth-order valence-corrected chi connectivity index (χ4v) is 2.63. The van der Waals surface area contributed by atoms with Crippen LogP contribution in [0.1, 0.15) is 53.5 Å². The lowest BCUT2D eigenvalue weighted by Crippen LogP contribution is -2.39. The van der Waals surface area contributed by atoms with Crippen molar-refractivity contribution < 1.29 is 19.1 Å². The summed E-state index contributed by atoms with van der Waals surface area (Å²) in [5, 5.41) is 2.93. The number of aromatic amines is 1. The molecule has 1 fully saturated rings. The molecule has 1 amide bonds. The number of Topliss-reactive ketones (excluding diaryl/α,β-unsaturated/α-hetero) is 1. The standard InChI is InChI=1S/C15H20N2O4/c1-9(18)11-7-13(16-8-11)14(19)17-12-5-3-10(4-6-12)15(20)21-2/h7-8,10,12,16H,3-6H2,1-2H3,(H,17,19). The molecule has 1 aliphatic rings. The lowest BCUT2D eigenvalue weighted by molar-refractivity contribution is -0.146. The van der Waals surface area contributed by atoms with Gasteiger partial charge in [-0.05, 0) is 38.7 Å². The second-order valence-electron chi connectivity index (χ2n) is 5.40. The Hall–Kier alpha value is -2.11. The van der Waals surface area contributed by atoms with Crippen molar-refractivity contribution >= 4 is 17.7 Å². The number of hydrogen-bond acceptors (Lipinski definition) is 4. The topological polar surface area (TPSA) is 88.3 Å². The maximum atomic E-state index is 12.1. The molecule has 114 valence electrons. The molecule has 1 saturated carbocycles. The molecule has 6 nitrogen and oxygen atoms in total. The van der Waals surface area contributed by atoms with Crippen LogP contribution in [0, 0.1) is 5.92 Å². The van der Waals surface area contributed by atoms with Crippen molar-refractivity contribution in [3.05, 3.63) is 23.5 Å². The SMILES string of the molecule is COC(=O)C1CCC(NC(=O)c2cc(C(C)=O)c[nH]2)CC1. The molecule has 0 aromatic carbocycles. The highest BCUT2D eigenvalue weighted by Gasteiger charge is 2.28. The number of ketones is 1. The van der Waals surface area contributed by atoms with Crippen molar-refractivity contribution in [2.75, 3.05) is 7.11 Å². The Morgan fingerprint density at radius 3 is 2.43 bits per heavy atom. The van der Waals surface area contributed by atoms with Crippen LogP contribution in [-0.2, 0) is 9.53 Å². The maximum absolute atomic E-state index is 12.1. The average Bonchev–Trinajstić information content (AvgIpc) is 2.97. The first-order valence-corrected chi connectivity index (χ1v) is 7.09. The molecule has 2 N–H and O–H groups in total. The second-order valence-corrected chi connectivity index (χ2v) is 5.40. The lowest BCUT2D eigenvalue weighted by Gasteiger charge is -2.27. The van der Waals surface area contributed by atoms with Gasteiger partial charge in [-0.3, -0.25) is 14.4 Å². The Kier molecular flexibility index (Phi) is 4.77. The second kappa shape index (κ2) is 6.56. The molecular weight excluding hydrogens is 272 g/mol.